The highest BCUT2D eigenvalue weighted by Gasteiger charge is 2.27. The number of hydrogen-bond acceptors (Lipinski definition) is 3. The zero-order valence-corrected chi connectivity index (χ0v) is 17.7. The van der Waals surface area contributed by atoms with Crippen molar-refractivity contribution in [1.29, 1.82) is 0 Å². The minimum absolute atomic E-state index is 0. The zero-order valence-electron chi connectivity index (χ0n) is 16.9. The smallest absolute Gasteiger partial charge is 0.260 e. The van der Waals surface area contributed by atoms with Crippen LogP contribution in [0.2, 0.25) is 0 Å². The van der Waals surface area contributed by atoms with Gasteiger partial charge >= 0.3 is 0 Å². The van der Waals surface area contributed by atoms with Crippen LogP contribution in [0.15, 0.2) is 18.2 Å². The molecular formula is C22H35ClN2O2. The van der Waals surface area contributed by atoms with Crippen molar-refractivity contribution < 1.29 is 9.53 Å². The van der Waals surface area contributed by atoms with Crippen LogP contribution in [0.3, 0.4) is 0 Å². The molecule has 0 aliphatic carbocycles. The number of carbonyl (C=O) groups is 1. The number of benzene rings is 1. The Kier molecular flexibility index (Phi) is 8.91. The summed E-state index contributed by atoms with van der Waals surface area (Å²) < 4.78 is 5.80. The second kappa shape index (κ2) is 10.9. The van der Waals surface area contributed by atoms with Crippen LogP contribution in [-0.4, -0.2) is 54.5 Å². The third-order valence-electron chi connectivity index (χ3n) is 6.02. The summed E-state index contributed by atoms with van der Waals surface area (Å²) >= 11 is 0. The van der Waals surface area contributed by atoms with Gasteiger partial charge in [-0.2, -0.15) is 0 Å². The molecule has 152 valence electrons. The lowest BCUT2D eigenvalue weighted by atomic mass is 9.98. The van der Waals surface area contributed by atoms with Crippen molar-refractivity contribution >= 4 is 18.3 Å². The molecule has 3 rings (SSSR count). The molecule has 1 aromatic rings. The minimum Gasteiger partial charge on any atom is -0.484 e. The molecule has 0 spiro atoms. The number of ether oxygens (including phenoxy) is 1. The van der Waals surface area contributed by atoms with E-state index in [0.29, 0.717) is 6.04 Å². The van der Waals surface area contributed by atoms with E-state index in [1.807, 2.05) is 12.1 Å². The first kappa shape index (κ1) is 22.0. The van der Waals surface area contributed by atoms with Gasteiger partial charge in [-0.05, 0) is 88.7 Å². The molecule has 27 heavy (non-hydrogen) atoms. The van der Waals surface area contributed by atoms with E-state index in [1.54, 1.807) is 0 Å². The van der Waals surface area contributed by atoms with E-state index in [0.717, 1.165) is 38.1 Å². The average Bonchev–Trinajstić information content (AvgIpc) is 2.68. The largest absolute Gasteiger partial charge is 0.484 e. The van der Waals surface area contributed by atoms with Crippen molar-refractivity contribution in [3.05, 3.63) is 29.3 Å². The molecule has 2 fully saturated rings. The third kappa shape index (κ3) is 6.39. The van der Waals surface area contributed by atoms with Gasteiger partial charge in [0.2, 0.25) is 0 Å². The molecule has 4 nitrogen and oxygen atoms in total. The highest BCUT2D eigenvalue weighted by atomic mass is 35.5. The molecule has 1 unspecified atom stereocenters. The number of aryl methyl sites for hydroxylation is 2. The fourth-order valence-corrected chi connectivity index (χ4v) is 4.18. The fourth-order valence-electron chi connectivity index (χ4n) is 4.18. The van der Waals surface area contributed by atoms with Crippen molar-refractivity contribution in [2.24, 2.45) is 0 Å². The number of amides is 1. The molecule has 0 aromatic heterocycles. The average molecular weight is 395 g/mol. The second-order valence-corrected chi connectivity index (χ2v) is 7.96. The summed E-state index contributed by atoms with van der Waals surface area (Å²) in [6.45, 7) is 8.80. The molecule has 0 radical (unpaired) electrons. The molecule has 2 saturated heterocycles. The highest BCUT2D eigenvalue weighted by molar-refractivity contribution is 5.85. The van der Waals surface area contributed by atoms with Gasteiger partial charge in [-0.15, -0.1) is 12.4 Å². The molecule has 0 saturated carbocycles. The van der Waals surface area contributed by atoms with Crippen LogP contribution in [0.4, 0.5) is 0 Å². The van der Waals surface area contributed by atoms with Gasteiger partial charge < -0.3 is 14.5 Å². The van der Waals surface area contributed by atoms with Crippen LogP contribution in [0, 0.1) is 13.8 Å². The molecule has 1 aromatic carbocycles. The Morgan fingerprint density at radius 1 is 1.04 bits per heavy atom. The normalized spacial score (nSPS) is 20.8. The van der Waals surface area contributed by atoms with Gasteiger partial charge in [-0.25, -0.2) is 0 Å². The number of likely N-dealkylation sites (tertiary alicyclic amines) is 2. The molecular weight excluding hydrogens is 360 g/mol. The van der Waals surface area contributed by atoms with Gasteiger partial charge in [0.05, 0.1) is 0 Å². The van der Waals surface area contributed by atoms with Gasteiger partial charge in [0.15, 0.2) is 6.61 Å². The molecule has 0 bridgehead atoms. The topological polar surface area (TPSA) is 32.8 Å². The van der Waals surface area contributed by atoms with E-state index in [4.69, 9.17) is 4.74 Å². The van der Waals surface area contributed by atoms with E-state index < -0.39 is 0 Å². The lowest BCUT2D eigenvalue weighted by Crippen LogP contribution is -2.47. The molecule has 5 heteroatoms. The summed E-state index contributed by atoms with van der Waals surface area (Å²) in [5.41, 5.74) is 2.45. The van der Waals surface area contributed by atoms with E-state index >= 15 is 0 Å². The van der Waals surface area contributed by atoms with Crippen LogP contribution in [0.5, 0.6) is 5.75 Å². The van der Waals surface area contributed by atoms with Gasteiger partial charge in [-0.3, -0.25) is 4.79 Å². The maximum Gasteiger partial charge on any atom is 0.260 e. The molecule has 2 aliphatic rings. The number of hydrogen-bond donors (Lipinski definition) is 0. The zero-order chi connectivity index (χ0) is 18.4. The van der Waals surface area contributed by atoms with Crippen LogP contribution in [0.1, 0.15) is 56.1 Å². The van der Waals surface area contributed by atoms with E-state index in [2.05, 4.69) is 29.7 Å². The Balaban J connectivity index is 0.00000261. The Labute approximate surface area is 170 Å². The standard InChI is InChI=1S/C22H34N2O2.ClH/c1-18-9-10-21(16-19(18)2)26-17-22(25)24-14-7-4-8-20(24)11-15-23-12-5-3-6-13-23;/h9-10,16,20H,3-8,11-15,17H2,1-2H3;1H. The SMILES string of the molecule is Cc1ccc(OCC(=O)N2CCCCC2CCN2CCCCC2)cc1C.Cl. The van der Waals surface area contributed by atoms with Crippen LogP contribution >= 0.6 is 12.4 Å². The lowest BCUT2D eigenvalue weighted by molar-refractivity contribution is -0.137. The number of carbonyl (C=O) groups excluding carboxylic acids is 1. The van der Waals surface area contributed by atoms with E-state index in [-0.39, 0.29) is 24.9 Å². The highest BCUT2D eigenvalue weighted by Crippen LogP contribution is 2.22. The maximum atomic E-state index is 12.8. The number of halogens is 1. The third-order valence-corrected chi connectivity index (χ3v) is 6.02. The quantitative estimate of drug-likeness (QED) is 0.718. The van der Waals surface area contributed by atoms with E-state index in [1.165, 1.54) is 49.9 Å². The summed E-state index contributed by atoms with van der Waals surface area (Å²) in [6, 6.07) is 6.42. The van der Waals surface area contributed by atoms with Crippen LogP contribution in [-0.2, 0) is 4.79 Å². The van der Waals surface area contributed by atoms with Gasteiger partial charge in [0.1, 0.15) is 5.75 Å². The van der Waals surface area contributed by atoms with Crippen molar-refractivity contribution in [2.45, 2.75) is 64.8 Å². The summed E-state index contributed by atoms with van der Waals surface area (Å²) in [4.78, 5) is 17.4. The van der Waals surface area contributed by atoms with Gasteiger partial charge in [0.25, 0.3) is 5.91 Å². The van der Waals surface area contributed by atoms with E-state index in [9.17, 15) is 4.79 Å². The summed E-state index contributed by atoms with van der Waals surface area (Å²) in [5, 5.41) is 0. The first-order chi connectivity index (χ1) is 12.6. The van der Waals surface area contributed by atoms with Crippen molar-refractivity contribution in [3.63, 3.8) is 0 Å². The Hall–Kier alpha value is -1.26. The first-order valence-corrected chi connectivity index (χ1v) is 10.4. The number of piperidine rings is 2. The maximum absolute atomic E-state index is 12.8. The Morgan fingerprint density at radius 3 is 2.52 bits per heavy atom. The summed E-state index contributed by atoms with van der Waals surface area (Å²) in [7, 11) is 0. The Bertz CT molecular complexity index is 602. The minimum atomic E-state index is 0. The Morgan fingerprint density at radius 2 is 1.78 bits per heavy atom. The van der Waals surface area contributed by atoms with Crippen molar-refractivity contribution in [1.82, 2.24) is 9.80 Å². The predicted octanol–water partition coefficient (Wildman–Crippen LogP) is 4.36. The lowest BCUT2D eigenvalue weighted by Gasteiger charge is -2.37. The molecule has 1 atom stereocenters. The van der Waals surface area contributed by atoms with Crippen LogP contribution < -0.4 is 4.74 Å². The monoisotopic (exact) mass is 394 g/mol. The molecule has 2 heterocycles. The van der Waals surface area contributed by atoms with Gasteiger partial charge in [0, 0.05) is 19.1 Å². The predicted molar refractivity (Wildman–Crippen MR) is 113 cm³/mol. The van der Waals surface area contributed by atoms with Crippen molar-refractivity contribution in [2.75, 3.05) is 32.8 Å². The molecule has 2 aliphatic heterocycles. The number of nitrogens with zero attached hydrogens (tertiary/aromatic N) is 2. The summed E-state index contributed by atoms with van der Waals surface area (Å²) in [6.07, 6.45) is 8.65. The van der Waals surface area contributed by atoms with Gasteiger partial charge in [-0.1, -0.05) is 12.5 Å². The van der Waals surface area contributed by atoms with Crippen LogP contribution in [0.25, 0.3) is 0 Å². The fraction of sp³-hybridized carbons (Fsp3) is 0.682. The molecule has 0 N–H and O–H groups in total. The first-order valence-electron chi connectivity index (χ1n) is 10.4. The molecule has 1 amide bonds. The van der Waals surface area contributed by atoms with Crippen molar-refractivity contribution in [3.8, 4) is 5.75 Å². The summed E-state index contributed by atoms with van der Waals surface area (Å²) in [5.74, 6) is 0.940. The second-order valence-electron chi connectivity index (χ2n) is 7.96. The number of rotatable bonds is 6.